The molecule has 0 aliphatic heterocycles. The van der Waals surface area contributed by atoms with Crippen molar-refractivity contribution in [3.8, 4) is 5.75 Å². The summed E-state index contributed by atoms with van der Waals surface area (Å²) in [6.07, 6.45) is 0.779. The first-order valence-electron chi connectivity index (χ1n) is 7.33. The number of hydrogen-bond acceptors (Lipinski definition) is 2. The molecule has 1 atom stereocenters. The van der Waals surface area contributed by atoms with Crippen molar-refractivity contribution >= 4 is 27.5 Å². The third-order valence-corrected chi connectivity index (χ3v) is 3.94. The summed E-state index contributed by atoms with van der Waals surface area (Å²) in [5.74, 6) is 0.413. The summed E-state index contributed by atoms with van der Waals surface area (Å²) in [5.41, 5.74) is 0. The van der Waals surface area contributed by atoms with Crippen LogP contribution >= 0.6 is 0 Å². The molecule has 0 aliphatic rings. The van der Waals surface area contributed by atoms with Gasteiger partial charge < -0.3 is 4.74 Å². The third-order valence-electron chi connectivity index (χ3n) is 3.94. The van der Waals surface area contributed by atoms with Crippen molar-refractivity contribution in [3.63, 3.8) is 0 Å². The highest BCUT2D eigenvalue weighted by molar-refractivity contribution is 6.06. The van der Waals surface area contributed by atoms with Crippen LogP contribution in [0.1, 0.15) is 20.3 Å². The summed E-state index contributed by atoms with van der Waals surface area (Å²) < 4.78 is 5.75. The van der Waals surface area contributed by atoms with Gasteiger partial charge in [-0.1, -0.05) is 62.4 Å². The fourth-order valence-electron chi connectivity index (χ4n) is 2.45. The Morgan fingerprint density at radius 1 is 1.00 bits per heavy atom. The Hall–Kier alpha value is -2.35. The normalized spacial score (nSPS) is 12.5. The molecule has 0 aliphatic carbocycles. The third kappa shape index (κ3) is 2.49. The molecular weight excluding hydrogens is 260 g/mol. The number of esters is 1. The molecule has 0 fully saturated rings. The molecule has 21 heavy (non-hydrogen) atoms. The van der Waals surface area contributed by atoms with Gasteiger partial charge in [0.1, 0.15) is 5.75 Å². The van der Waals surface area contributed by atoms with E-state index in [1.54, 1.807) is 0 Å². The molecule has 3 aromatic carbocycles. The fraction of sp³-hybridized carbons (Fsp3) is 0.211. The quantitative estimate of drug-likeness (QED) is 0.385. The van der Waals surface area contributed by atoms with Gasteiger partial charge in [0.05, 0.1) is 5.92 Å². The van der Waals surface area contributed by atoms with E-state index >= 15 is 0 Å². The Balaban J connectivity index is 2.23. The molecule has 0 heterocycles. The van der Waals surface area contributed by atoms with Crippen molar-refractivity contribution in [2.75, 3.05) is 0 Å². The predicted molar refractivity (Wildman–Crippen MR) is 86.5 cm³/mol. The molecule has 0 N–H and O–H groups in total. The molecule has 0 saturated carbocycles. The number of carbonyl (C=O) groups excluding carboxylic acids is 1. The molecule has 0 bridgehead atoms. The number of hydrogen-bond donors (Lipinski definition) is 0. The first-order valence-corrected chi connectivity index (χ1v) is 7.33. The van der Waals surface area contributed by atoms with Gasteiger partial charge in [-0.25, -0.2) is 0 Å². The Kier molecular flexibility index (Phi) is 3.61. The Morgan fingerprint density at radius 3 is 2.05 bits per heavy atom. The van der Waals surface area contributed by atoms with E-state index in [9.17, 15) is 4.79 Å². The highest BCUT2D eigenvalue weighted by atomic mass is 16.5. The minimum atomic E-state index is -0.168. The second-order valence-electron chi connectivity index (χ2n) is 5.38. The highest BCUT2D eigenvalue weighted by Gasteiger charge is 2.16. The van der Waals surface area contributed by atoms with Crippen LogP contribution in [0.5, 0.6) is 5.75 Å². The Morgan fingerprint density at radius 2 is 1.52 bits per heavy atom. The second-order valence-corrected chi connectivity index (χ2v) is 5.38. The first kappa shape index (κ1) is 13.6. The molecule has 106 valence electrons. The number of carbonyl (C=O) groups is 1. The van der Waals surface area contributed by atoms with E-state index in [1.165, 1.54) is 0 Å². The average molecular weight is 278 g/mol. The van der Waals surface area contributed by atoms with Crippen LogP contribution in [0.25, 0.3) is 21.5 Å². The van der Waals surface area contributed by atoms with Crippen molar-refractivity contribution in [2.24, 2.45) is 5.92 Å². The SMILES string of the molecule is CCC(C)C(=O)Oc1c2ccccc2cc2ccccc12. The van der Waals surface area contributed by atoms with Gasteiger partial charge >= 0.3 is 5.97 Å². The lowest BCUT2D eigenvalue weighted by Crippen LogP contribution is -2.17. The smallest absolute Gasteiger partial charge is 0.314 e. The van der Waals surface area contributed by atoms with Crippen LogP contribution in [0.4, 0.5) is 0 Å². The minimum Gasteiger partial charge on any atom is -0.425 e. The van der Waals surface area contributed by atoms with Crippen LogP contribution in [0.2, 0.25) is 0 Å². The molecule has 2 nitrogen and oxygen atoms in total. The van der Waals surface area contributed by atoms with Crippen LogP contribution in [0.15, 0.2) is 54.6 Å². The topological polar surface area (TPSA) is 26.3 Å². The van der Waals surface area contributed by atoms with E-state index < -0.39 is 0 Å². The second kappa shape index (κ2) is 5.57. The summed E-state index contributed by atoms with van der Waals surface area (Å²) in [5, 5.41) is 4.13. The lowest BCUT2D eigenvalue weighted by atomic mass is 10.0. The molecular formula is C19H18O2. The lowest BCUT2D eigenvalue weighted by Gasteiger charge is -2.14. The maximum absolute atomic E-state index is 12.2. The van der Waals surface area contributed by atoms with Crippen molar-refractivity contribution in [2.45, 2.75) is 20.3 Å². The van der Waals surface area contributed by atoms with Gasteiger partial charge in [-0.3, -0.25) is 4.79 Å². The van der Waals surface area contributed by atoms with Crippen LogP contribution in [0.3, 0.4) is 0 Å². The molecule has 3 aromatic rings. The summed E-state index contributed by atoms with van der Waals surface area (Å²) in [4.78, 5) is 12.2. The van der Waals surface area contributed by atoms with Crippen LogP contribution in [-0.4, -0.2) is 5.97 Å². The molecule has 0 saturated heterocycles. The van der Waals surface area contributed by atoms with Gasteiger partial charge in [0.15, 0.2) is 0 Å². The van der Waals surface area contributed by atoms with Gasteiger partial charge in [-0.2, -0.15) is 0 Å². The fourth-order valence-corrected chi connectivity index (χ4v) is 2.45. The number of fused-ring (bicyclic) bond motifs is 2. The van der Waals surface area contributed by atoms with Crippen molar-refractivity contribution in [1.29, 1.82) is 0 Å². The molecule has 3 rings (SSSR count). The van der Waals surface area contributed by atoms with E-state index in [2.05, 4.69) is 6.07 Å². The zero-order valence-electron chi connectivity index (χ0n) is 12.3. The van der Waals surface area contributed by atoms with Gasteiger partial charge in [-0.05, 0) is 23.3 Å². The van der Waals surface area contributed by atoms with E-state index in [0.717, 1.165) is 28.0 Å². The van der Waals surface area contributed by atoms with Crippen molar-refractivity contribution < 1.29 is 9.53 Å². The van der Waals surface area contributed by atoms with Crippen molar-refractivity contribution in [3.05, 3.63) is 54.6 Å². The largest absolute Gasteiger partial charge is 0.425 e. The summed E-state index contributed by atoms with van der Waals surface area (Å²) >= 11 is 0. The van der Waals surface area contributed by atoms with Crippen LogP contribution in [-0.2, 0) is 4.79 Å². The maximum Gasteiger partial charge on any atom is 0.314 e. The van der Waals surface area contributed by atoms with Crippen LogP contribution < -0.4 is 4.74 Å². The summed E-state index contributed by atoms with van der Waals surface area (Å²) in [7, 11) is 0. The van der Waals surface area contributed by atoms with E-state index in [1.807, 2.05) is 62.4 Å². The number of benzene rings is 3. The number of ether oxygens (including phenoxy) is 1. The van der Waals surface area contributed by atoms with E-state index in [0.29, 0.717) is 5.75 Å². The molecule has 2 heteroatoms. The molecule has 0 aromatic heterocycles. The zero-order chi connectivity index (χ0) is 14.8. The monoisotopic (exact) mass is 278 g/mol. The van der Waals surface area contributed by atoms with Gasteiger partial charge in [0, 0.05) is 10.8 Å². The lowest BCUT2D eigenvalue weighted by molar-refractivity contribution is -0.138. The van der Waals surface area contributed by atoms with Gasteiger partial charge in [-0.15, -0.1) is 0 Å². The van der Waals surface area contributed by atoms with Gasteiger partial charge in [0.2, 0.25) is 0 Å². The first-order chi connectivity index (χ1) is 10.2. The Labute approximate surface area is 124 Å². The Bertz CT molecular complexity index is 751. The van der Waals surface area contributed by atoms with E-state index in [4.69, 9.17) is 4.74 Å². The summed E-state index contributed by atoms with van der Waals surface area (Å²) in [6.45, 7) is 3.89. The van der Waals surface area contributed by atoms with Gasteiger partial charge in [0.25, 0.3) is 0 Å². The van der Waals surface area contributed by atoms with Crippen LogP contribution in [0, 0.1) is 5.92 Å². The molecule has 0 amide bonds. The minimum absolute atomic E-state index is 0.0947. The zero-order valence-corrected chi connectivity index (χ0v) is 12.3. The molecule has 0 spiro atoms. The number of rotatable bonds is 3. The maximum atomic E-state index is 12.2. The molecule has 0 radical (unpaired) electrons. The summed E-state index contributed by atoms with van der Waals surface area (Å²) in [6, 6.07) is 18.2. The predicted octanol–water partition coefficient (Wildman–Crippen LogP) is 4.94. The average Bonchev–Trinajstić information content (AvgIpc) is 2.53. The highest BCUT2D eigenvalue weighted by Crippen LogP contribution is 2.35. The molecule has 1 unspecified atom stereocenters. The van der Waals surface area contributed by atoms with E-state index in [-0.39, 0.29) is 11.9 Å². The van der Waals surface area contributed by atoms with Crippen molar-refractivity contribution in [1.82, 2.24) is 0 Å². The standard InChI is InChI=1S/C19H18O2/c1-3-13(2)19(20)21-18-16-10-6-4-8-14(16)12-15-9-5-7-11-17(15)18/h4-13H,3H2,1-2H3.